The molecule has 0 fully saturated rings. The van der Waals surface area contributed by atoms with Gasteiger partial charge in [-0.25, -0.2) is 4.99 Å². The summed E-state index contributed by atoms with van der Waals surface area (Å²) in [6.07, 6.45) is 0. The van der Waals surface area contributed by atoms with Crippen molar-refractivity contribution in [3.63, 3.8) is 0 Å². The van der Waals surface area contributed by atoms with Gasteiger partial charge < -0.3 is 52.7 Å². The molecule has 34 heavy (non-hydrogen) atoms. The Balaban J connectivity index is 0.000000467. The average molecular weight is 473 g/mol. The number of nitrogens with two attached hydrogens (primary N) is 3. The summed E-state index contributed by atoms with van der Waals surface area (Å²) in [5.74, 6) is -0.348. The van der Waals surface area contributed by atoms with Crippen LogP contribution in [0.2, 0.25) is 0 Å². The normalized spacial score (nSPS) is 9.59. The summed E-state index contributed by atoms with van der Waals surface area (Å²) in [5.41, 5.74) is 17.6. The molecule has 0 saturated heterocycles. The summed E-state index contributed by atoms with van der Waals surface area (Å²) in [6, 6.07) is 19.9. The van der Waals surface area contributed by atoms with E-state index in [1.807, 2.05) is 31.2 Å². The van der Waals surface area contributed by atoms with Crippen LogP contribution in [-0.4, -0.2) is 54.7 Å². The van der Waals surface area contributed by atoms with Gasteiger partial charge in [0.25, 0.3) is 0 Å². The van der Waals surface area contributed by atoms with Crippen molar-refractivity contribution in [1.29, 1.82) is 0 Å². The monoisotopic (exact) mass is 473 g/mol. The largest absolute Gasteiger partial charge is 0.631 e. The van der Waals surface area contributed by atoms with Crippen LogP contribution in [0.1, 0.15) is 5.56 Å². The Labute approximate surface area is 196 Å². The SMILES string of the molecule is Cc1ccccc1N=C(N)N=C(N)N.OB(O)O.Oc1ccccc1O.Oc1ccccc1O. The summed E-state index contributed by atoms with van der Waals surface area (Å²) >= 11 is 0. The third-order valence-corrected chi connectivity index (χ3v) is 3.36. The van der Waals surface area contributed by atoms with Crippen molar-refractivity contribution in [1.82, 2.24) is 0 Å². The van der Waals surface area contributed by atoms with Crippen molar-refractivity contribution in [2.24, 2.45) is 27.2 Å². The van der Waals surface area contributed by atoms with Crippen LogP contribution >= 0.6 is 0 Å². The molecular weight excluding hydrogens is 445 g/mol. The highest BCUT2D eigenvalue weighted by Crippen LogP contribution is 2.22. The van der Waals surface area contributed by atoms with Crippen LogP contribution in [0, 0.1) is 6.92 Å². The van der Waals surface area contributed by atoms with E-state index in [4.69, 9.17) is 52.7 Å². The van der Waals surface area contributed by atoms with Gasteiger partial charge in [-0.2, -0.15) is 4.99 Å². The number of benzene rings is 3. The fraction of sp³-hybridized carbons (Fsp3) is 0.0476. The van der Waals surface area contributed by atoms with Crippen LogP contribution in [0.25, 0.3) is 0 Å². The lowest BCUT2D eigenvalue weighted by Gasteiger charge is -1.99. The second-order valence-corrected chi connectivity index (χ2v) is 6.12. The molecule has 0 unspecified atom stereocenters. The highest BCUT2D eigenvalue weighted by Gasteiger charge is 1.95. The summed E-state index contributed by atoms with van der Waals surface area (Å²) < 4.78 is 0. The van der Waals surface area contributed by atoms with Crippen molar-refractivity contribution >= 4 is 24.9 Å². The van der Waals surface area contributed by atoms with Gasteiger partial charge in [-0.15, -0.1) is 0 Å². The number of para-hydroxylation sites is 5. The fourth-order valence-corrected chi connectivity index (χ4v) is 1.90. The molecule has 0 atom stereocenters. The zero-order valence-corrected chi connectivity index (χ0v) is 18.3. The molecule has 3 aromatic carbocycles. The molecule has 0 bridgehead atoms. The Morgan fingerprint density at radius 1 is 0.647 bits per heavy atom. The maximum atomic E-state index is 8.67. The summed E-state index contributed by atoms with van der Waals surface area (Å²) in [4.78, 5) is 7.66. The van der Waals surface area contributed by atoms with Gasteiger partial charge in [-0.1, -0.05) is 42.5 Å². The average Bonchev–Trinajstić information content (AvgIpc) is 2.74. The topological polar surface area (TPSA) is 244 Å². The second kappa shape index (κ2) is 16.2. The molecular formula is C21H28BN5O7. The van der Waals surface area contributed by atoms with E-state index in [1.54, 1.807) is 24.3 Å². The minimum atomic E-state index is -2.17. The number of aromatic hydroxyl groups is 4. The standard InChI is InChI=1S/C9H13N5.2C6H6O2.BH3O3/c1-6-4-2-3-5-7(6)13-9(12)14-8(10)11;2*7-5-3-1-2-4-6(5)8;2-1(3)4/h2-5H,1H3,(H6,10,11,12,13,14);2*1-4,7-8H;2-4H. The van der Waals surface area contributed by atoms with Crippen molar-refractivity contribution < 1.29 is 35.5 Å². The van der Waals surface area contributed by atoms with E-state index in [2.05, 4.69) is 9.98 Å². The number of hydrogen-bond donors (Lipinski definition) is 10. The number of hydrogen-bond acceptors (Lipinski definition) is 8. The molecule has 3 aromatic rings. The zero-order chi connectivity index (χ0) is 26.1. The summed E-state index contributed by atoms with van der Waals surface area (Å²) in [7, 11) is -2.17. The second-order valence-electron chi connectivity index (χ2n) is 6.12. The molecule has 0 saturated carbocycles. The van der Waals surface area contributed by atoms with Gasteiger partial charge in [0.1, 0.15) is 0 Å². The zero-order valence-electron chi connectivity index (χ0n) is 18.3. The van der Waals surface area contributed by atoms with E-state index < -0.39 is 7.32 Å². The van der Waals surface area contributed by atoms with Gasteiger partial charge in [0.15, 0.2) is 29.0 Å². The van der Waals surface area contributed by atoms with E-state index in [9.17, 15) is 0 Å². The lowest BCUT2D eigenvalue weighted by molar-refractivity contribution is 0.278. The molecule has 182 valence electrons. The van der Waals surface area contributed by atoms with E-state index in [0.717, 1.165) is 11.3 Å². The van der Waals surface area contributed by atoms with E-state index >= 15 is 0 Å². The smallest absolute Gasteiger partial charge is 0.504 e. The fourth-order valence-electron chi connectivity index (χ4n) is 1.90. The summed E-state index contributed by atoms with van der Waals surface area (Å²) in [5, 5.41) is 56.2. The molecule has 0 amide bonds. The highest BCUT2D eigenvalue weighted by atomic mass is 16.5. The van der Waals surface area contributed by atoms with Crippen LogP contribution in [0.4, 0.5) is 5.69 Å². The first-order valence-electron chi connectivity index (χ1n) is 9.41. The molecule has 13 heteroatoms. The third kappa shape index (κ3) is 14.5. The van der Waals surface area contributed by atoms with E-state index in [-0.39, 0.29) is 34.9 Å². The Bertz CT molecular complexity index is 973. The maximum absolute atomic E-state index is 8.67. The van der Waals surface area contributed by atoms with Gasteiger partial charge in [0, 0.05) is 0 Å². The van der Waals surface area contributed by atoms with Crippen LogP contribution in [0.5, 0.6) is 23.0 Å². The number of guanidine groups is 2. The number of nitrogens with zero attached hydrogens (tertiary/aromatic N) is 2. The molecule has 0 aliphatic heterocycles. The lowest BCUT2D eigenvalue weighted by Crippen LogP contribution is -2.26. The molecule has 13 N–H and O–H groups in total. The minimum absolute atomic E-state index is 0.0549. The molecule has 0 spiro atoms. The predicted octanol–water partition coefficient (Wildman–Crippen LogP) is 0.358. The van der Waals surface area contributed by atoms with E-state index in [0.29, 0.717) is 0 Å². The van der Waals surface area contributed by atoms with Crippen molar-refractivity contribution in [3.8, 4) is 23.0 Å². The number of aliphatic imine (C=N–C) groups is 2. The van der Waals surface area contributed by atoms with E-state index in [1.165, 1.54) is 24.3 Å². The number of rotatable bonds is 1. The summed E-state index contributed by atoms with van der Waals surface area (Å²) in [6.45, 7) is 1.93. The first-order chi connectivity index (χ1) is 15.9. The van der Waals surface area contributed by atoms with Crippen LogP contribution in [0.3, 0.4) is 0 Å². The molecule has 3 rings (SSSR count). The minimum Gasteiger partial charge on any atom is -0.504 e. The van der Waals surface area contributed by atoms with Gasteiger partial charge in [0.05, 0.1) is 5.69 Å². The number of phenolic OH excluding ortho intramolecular Hbond substituents is 4. The number of aryl methyl sites for hydroxylation is 1. The Morgan fingerprint density at radius 3 is 1.26 bits per heavy atom. The quantitative estimate of drug-likeness (QED) is 0.101. The van der Waals surface area contributed by atoms with Crippen LogP contribution in [-0.2, 0) is 0 Å². The molecule has 12 nitrogen and oxygen atoms in total. The van der Waals surface area contributed by atoms with Crippen molar-refractivity contribution in [2.45, 2.75) is 6.92 Å². The Hall–Kier alpha value is -4.46. The molecule has 0 radical (unpaired) electrons. The lowest BCUT2D eigenvalue weighted by atomic mass is 10.2. The first kappa shape index (κ1) is 29.5. The molecule has 0 aliphatic rings. The van der Waals surface area contributed by atoms with Crippen molar-refractivity contribution in [3.05, 3.63) is 78.4 Å². The van der Waals surface area contributed by atoms with Gasteiger partial charge in [-0.3, -0.25) is 0 Å². The number of phenols is 4. The molecule has 0 aliphatic carbocycles. The van der Waals surface area contributed by atoms with Gasteiger partial charge >= 0.3 is 7.32 Å². The first-order valence-corrected chi connectivity index (χ1v) is 9.41. The van der Waals surface area contributed by atoms with Gasteiger partial charge in [-0.05, 0) is 42.8 Å². The Kier molecular flexibility index (Phi) is 14.1. The van der Waals surface area contributed by atoms with Crippen LogP contribution in [0.15, 0.2) is 82.8 Å². The third-order valence-electron chi connectivity index (χ3n) is 3.36. The maximum Gasteiger partial charge on any atom is 0.631 e. The Morgan fingerprint density at radius 2 is 0.971 bits per heavy atom. The van der Waals surface area contributed by atoms with Gasteiger partial charge in [0.2, 0.25) is 5.96 Å². The predicted molar refractivity (Wildman–Crippen MR) is 130 cm³/mol. The molecule has 0 aromatic heterocycles. The highest BCUT2D eigenvalue weighted by molar-refractivity contribution is 6.30. The van der Waals surface area contributed by atoms with Crippen LogP contribution < -0.4 is 17.2 Å². The van der Waals surface area contributed by atoms with Crippen molar-refractivity contribution in [2.75, 3.05) is 0 Å². The molecule has 0 heterocycles.